The maximum absolute atomic E-state index is 10.6. The molecular weight excluding hydrogens is 204 g/mol. The van der Waals surface area contributed by atoms with Gasteiger partial charge in [0.05, 0.1) is 5.57 Å². The third-order valence-electron chi connectivity index (χ3n) is 1.89. The van der Waals surface area contributed by atoms with Crippen LogP contribution in [0.5, 0.6) is 0 Å². The fourth-order valence-corrected chi connectivity index (χ4v) is 1.24. The molecule has 0 saturated heterocycles. The van der Waals surface area contributed by atoms with Crippen LogP contribution in [-0.4, -0.2) is 22.6 Å². The standard InChI is InChI=1S/C9H8N2O2.ClH/c12-9(13)7-4-6-2-1-3-10-8(6)11-5-7;/h1-4H,5H2,(H,10,11)(H,12,13);1H. The number of carbonyl (C=O) groups is 1. The van der Waals surface area contributed by atoms with Crippen molar-refractivity contribution >= 4 is 30.3 Å². The Balaban J connectivity index is 0.000000980. The molecule has 0 atom stereocenters. The average Bonchev–Trinajstić information content (AvgIpc) is 2.17. The van der Waals surface area contributed by atoms with Crippen molar-refractivity contribution in [1.29, 1.82) is 0 Å². The molecule has 1 aliphatic heterocycles. The van der Waals surface area contributed by atoms with Gasteiger partial charge in [-0.3, -0.25) is 0 Å². The van der Waals surface area contributed by atoms with Crippen LogP contribution in [0, 0.1) is 0 Å². The molecule has 74 valence electrons. The average molecular weight is 213 g/mol. The molecule has 0 aliphatic carbocycles. The number of rotatable bonds is 1. The lowest BCUT2D eigenvalue weighted by Crippen LogP contribution is -2.17. The maximum Gasteiger partial charge on any atom is 0.333 e. The number of halogens is 1. The first-order chi connectivity index (χ1) is 6.27. The van der Waals surface area contributed by atoms with Crippen LogP contribution in [0.1, 0.15) is 5.56 Å². The van der Waals surface area contributed by atoms with Gasteiger partial charge in [0.1, 0.15) is 5.82 Å². The molecule has 0 aromatic carbocycles. The molecule has 1 aliphatic rings. The van der Waals surface area contributed by atoms with Gasteiger partial charge in [0.2, 0.25) is 0 Å². The van der Waals surface area contributed by atoms with Crippen molar-refractivity contribution in [3.05, 3.63) is 29.5 Å². The number of nitrogens with zero attached hydrogens (tertiary/aromatic N) is 1. The van der Waals surface area contributed by atoms with Crippen LogP contribution < -0.4 is 5.32 Å². The number of hydrogen-bond acceptors (Lipinski definition) is 3. The number of aromatic nitrogens is 1. The van der Waals surface area contributed by atoms with Crippen molar-refractivity contribution in [2.75, 3.05) is 11.9 Å². The van der Waals surface area contributed by atoms with E-state index in [0.29, 0.717) is 12.1 Å². The molecule has 5 heteroatoms. The summed E-state index contributed by atoms with van der Waals surface area (Å²) in [6, 6.07) is 3.61. The number of fused-ring (bicyclic) bond motifs is 1. The highest BCUT2D eigenvalue weighted by atomic mass is 35.5. The zero-order valence-corrected chi connectivity index (χ0v) is 8.04. The predicted molar refractivity (Wildman–Crippen MR) is 55.6 cm³/mol. The highest BCUT2D eigenvalue weighted by Crippen LogP contribution is 2.20. The number of pyridine rings is 1. The van der Waals surface area contributed by atoms with Gasteiger partial charge in [-0.05, 0) is 18.2 Å². The van der Waals surface area contributed by atoms with Gasteiger partial charge < -0.3 is 10.4 Å². The highest BCUT2D eigenvalue weighted by molar-refractivity contribution is 5.95. The van der Waals surface area contributed by atoms with Crippen LogP contribution in [0.4, 0.5) is 5.82 Å². The van der Waals surface area contributed by atoms with Crippen molar-refractivity contribution in [3.8, 4) is 0 Å². The van der Waals surface area contributed by atoms with Crippen LogP contribution in [0.2, 0.25) is 0 Å². The first-order valence-corrected chi connectivity index (χ1v) is 3.90. The molecule has 14 heavy (non-hydrogen) atoms. The molecule has 0 bridgehead atoms. The van der Waals surface area contributed by atoms with Crippen LogP contribution in [0.25, 0.3) is 6.08 Å². The number of nitrogens with one attached hydrogen (secondary N) is 1. The van der Waals surface area contributed by atoms with Crippen molar-refractivity contribution in [3.63, 3.8) is 0 Å². The number of carboxylic acids is 1. The lowest BCUT2D eigenvalue weighted by molar-refractivity contribution is -0.132. The van der Waals surface area contributed by atoms with Crippen molar-refractivity contribution < 1.29 is 9.90 Å². The van der Waals surface area contributed by atoms with Crippen LogP contribution in [-0.2, 0) is 4.79 Å². The number of aliphatic carboxylic acids is 1. The van der Waals surface area contributed by atoms with E-state index in [0.717, 1.165) is 11.4 Å². The van der Waals surface area contributed by atoms with Crippen LogP contribution in [0.3, 0.4) is 0 Å². The van der Waals surface area contributed by atoms with Gasteiger partial charge in [-0.15, -0.1) is 12.4 Å². The molecule has 0 spiro atoms. The Labute approximate surface area is 87.1 Å². The second kappa shape index (κ2) is 4.11. The van der Waals surface area contributed by atoms with Crippen molar-refractivity contribution in [2.45, 2.75) is 0 Å². The lowest BCUT2D eigenvalue weighted by atomic mass is 10.1. The number of carboxylic acid groups (broad SMARTS) is 1. The summed E-state index contributed by atoms with van der Waals surface area (Å²) in [6.07, 6.45) is 3.31. The summed E-state index contributed by atoms with van der Waals surface area (Å²) in [5.41, 5.74) is 1.19. The number of hydrogen-bond donors (Lipinski definition) is 2. The second-order valence-electron chi connectivity index (χ2n) is 2.77. The molecule has 1 aromatic heterocycles. The fraction of sp³-hybridized carbons (Fsp3) is 0.111. The topological polar surface area (TPSA) is 62.2 Å². The summed E-state index contributed by atoms with van der Waals surface area (Å²) in [6.45, 7) is 0.333. The van der Waals surface area contributed by atoms with E-state index in [1.807, 2.05) is 6.07 Å². The normalized spacial score (nSPS) is 13.0. The van der Waals surface area contributed by atoms with Gasteiger partial charge in [0, 0.05) is 18.3 Å². The van der Waals surface area contributed by atoms with Gasteiger partial charge in [-0.1, -0.05) is 0 Å². The zero-order chi connectivity index (χ0) is 9.26. The quantitative estimate of drug-likeness (QED) is 0.739. The molecule has 0 saturated carbocycles. The third kappa shape index (κ3) is 1.85. The largest absolute Gasteiger partial charge is 0.478 e. The van der Waals surface area contributed by atoms with E-state index in [9.17, 15) is 4.79 Å². The summed E-state index contributed by atoms with van der Waals surface area (Å²) in [4.78, 5) is 14.7. The van der Waals surface area contributed by atoms with Crippen LogP contribution >= 0.6 is 12.4 Å². The molecular formula is C9H9ClN2O2. The molecule has 2 rings (SSSR count). The number of anilines is 1. The minimum Gasteiger partial charge on any atom is -0.478 e. The molecule has 0 unspecified atom stereocenters. The zero-order valence-electron chi connectivity index (χ0n) is 7.23. The summed E-state index contributed by atoms with van der Waals surface area (Å²) in [5, 5.41) is 11.7. The molecule has 0 fully saturated rings. The molecule has 1 aromatic rings. The Morgan fingerprint density at radius 3 is 3.07 bits per heavy atom. The van der Waals surface area contributed by atoms with E-state index in [1.54, 1.807) is 18.3 Å². The van der Waals surface area contributed by atoms with E-state index in [4.69, 9.17) is 5.11 Å². The minimum absolute atomic E-state index is 0. The predicted octanol–water partition coefficient (Wildman–Crippen LogP) is 1.40. The van der Waals surface area contributed by atoms with E-state index in [1.165, 1.54) is 0 Å². The molecule has 0 radical (unpaired) electrons. The second-order valence-corrected chi connectivity index (χ2v) is 2.77. The Bertz CT molecular complexity index is 390. The lowest BCUT2D eigenvalue weighted by Gasteiger charge is -2.14. The highest BCUT2D eigenvalue weighted by Gasteiger charge is 2.14. The summed E-state index contributed by atoms with van der Waals surface area (Å²) >= 11 is 0. The molecule has 2 N–H and O–H groups in total. The summed E-state index contributed by atoms with van der Waals surface area (Å²) < 4.78 is 0. The summed E-state index contributed by atoms with van der Waals surface area (Å²) in [7, 11) is 0. The molecule has 2 heterocycles. The Morgan fingerprint density at radius 1 is 1.57 bits per heavy atom. The Hall–Kier alpha value is -1.55. The molecule has 0 amide bonds. The minimum atomic E-state index is -0.887. The maximum atomic E-state index is 10.6. The van der Waals surface area contributed by atoms with E-state index >= 15 is 0 Å². The SMILES string of the molecule is Cl.O=C(O)C1=Cc2cccnc2NC1. The van der Waals surface area contributed by atoms with Gasteiger partial charge in [0.15, 0.2) is 0 Å². The Morgan fingerprint density at radius 2 is 2.36 bits per heavy atom. The smallest absolute Gasteiger partial charge is 0.333 e. The van der Waals surface area contributed by atoms with Crippen molar-refractivity contribution in [1.82, 2.24) is 4.98 Å². The van der Waals surface area contributed by atoms with Gasteiger partial charge in [-0.2, -0.15) is 0 Å². The Kier molecular flexibility index (Phi) is 3.09. The third-order valence-corrected chi connectivity index (χ3v) is 1.89. The van der Waals surface area contributed by atoms with Gasteiger partial charge >= 0.3 is 5.97 Å². The van der Waals surface area contributed by atoms with E-state index in [2.05, 4.69) is 10.3 Å². The van der Waals surface area contributed by atoms with Crippen LogP contribution in [0.15, 0.2) is 23.9 Å². The molecule has 4 nitrogen and oxygen atoms in total. The first kappa shape index (κ1) is 10.5. The fourth-order valence-electron chi connectivity index (χ4n) is 1.24. The monoisotopic (exact) mass is 212 g/mol. The first-order valence-electron chi connectivity index (χ1n) is 3.90. The van der Waals surface area contributed by atoms with E-state index < -0.39 is 5.97 Å². The summed E-state index contributed by atoms with van der Waals surface area (Å²) in [5.74, 6) is -0.144. The van der Waals surface area contributed by atoms with Crippen molar-refractivity contribution in [2.24, 2.45) is 0 Å². The van der Waals surface area contributed by atoms with Gasteiger partial charge in [0.25, 0.3) is 0 Å². The van der Waals surface area contributed by atoms with Gasteiger partial charge in [-0.25, -0.2) is 9.78 Å². The van der Waals surface area contributed by atoms with E-state index in [-0.39, 0.29) is 12.4 Å².